The highest BCUT2D eigenvalue weighted by Gasteiger charge is 2.34. The first-order chi connectivity index (χ1) is 15.0. The molecule has 4 rings (SSSR count). The van der Waals surface area contributed by atoms with Crippen molar-refractivity contribution in [2.75, 3.05) is 40.3 Å². The third-order valence-electron chi connectivity index (χ3n) is 6.66. The number of fused-ring (bicyclic) bond motifs is 1. The number of nitrogens with zero attached hydrogens (tertiary/aromatic N) is 3. The number of urea groups is 1. The zero-order valence-corrected chi connectivity index (χ0v) is 18.4. The summed E-state index contributed by atoms with van der Waals surface area (Å²) in [6.07, 6.45) is 3.06. The van der Waals surface area contributed by atoms with E-state index in [2.05, 4.69) is 0 Å². The van der Waals surface area contributed by atoms with Crippen molar-refractivity contribution in [2.24, 2.45) is 11.8 Å². The largest absolute Gasteiger partial charge is 0.342 e. The molecule has 0 unspecified atom stereocenters. The van der Waals surface area contributed by atoms with Gasteiger partial charge in [-0.15, -0.1) is 0 Å². The fraction of sp³-hybridized carbons (Fsp3) is 0.480. The number of ketones is 1. The van der Waals surface area contributed by atoms with Gasteiger partial charge >= 0.3 is 6.03 Å². The first-order valence-corrected chi connectivity index (χ1v) is 11.2. The summed E-state index contributed by atoms with van der Waals surface area (Å²) in [6, 6.07) is 13.8. The Bertz CT molecular complexity index is 974. The van der Waals surface area contributed by atoms with E-state index in [4.69, 9.17) is 0 Å². The molecule has 1 atom stereocenters. The number of hydrogen-bond donors (Lipinski definition) is 0. The maximum Gasteiger partial charge on any atom is 0.319 e. The number of rotatable bonds is 3. The monoisotopic (exact) mass is 421 g/mol. The molecule has 2 aliphatic rings. The zero-order valence-electron chi connectivity index (χ0n) is 18.4. The van der Waals surface area contributed by atoms with Crippen LogP contribution in [0.2, 0.25) is 0 Å². The molecule has 6 heteroatoms. The second kappa shape index (κ2) is 9.08. The first kappa shape index (κ1) is 21.3. The number of carbonyl (C=O) groups is 3. The summed E-state index contributed by atoms with van der Waals surface area (Å²) in [5.41, 5.74) is 0.757. The second-order valence-electron chi connectivity index (χ2n) is 8.95. The summed E-state index contributed by atoms with van der Waals surface area (Å²) in [5.74, 6) is 0.0737. The number of hydrogen-bond acceptors (Lipinski definition) is 3. The quantitative estimate of drug-likeness (QED) is 0.711. The van der Waals surface area contributed by atoms with Crippen molar-refractivity contribution in [3.63, 3.8) is 0 Å². The predicted molar refractivity (Wildman–Crippen MR) is 121 cm³/mol. The Labute approximate surface area is 183 Å². The van der Waals surface area contributed by atoms with Crippen molar-refractivity contribution in [2.45, 2.75) is 25.7 Å². The SMILES string of the molecule is CN(C)C(=O)N1CCC(C(=O)N2CCC[C@H](C(=O)c3cccc4ccccc34)C2)CC1. The van der Waals surface area contributed by atoms with Gasteiger partial charge in [0.05, 0.1) is 0 Å². The van der Waals surface area contributed by atoms with Crippen LogP contribution < -0.4 is 0 Å². The molecule has 0 N–H and O–H groups in total. The lowest BCUT2D eigenvalue weighted by Gasteiger charge is -2.38. The molecule has 2 aromatic carbocycles. The smallest absolute Gasteiger partial charge is 0.319 e. The Morgan fingerprint density at radius 3 is 2.29 bits per heavy atom. The summed E-state index contributed by atoms with van der Waals surface area (Å²) >= 11 is 0. The molecule has 2 heterocycles. The third kappa shape index (κ3) is 4.43. The lowest BCUT2D eigenvalue weighted by molar-refractivity contribution is -0.138. The van der Waals surface area contributed by atoms with E-state index in [0.29, 0.717) is 32.5 Å². The van der Waals surface area contributed by atoms with Gasteiger partial charge in [0.1, 0.15) is 0 Å². The summed E-state index contributed by atoms with van der Waals surface area (Å²) < 4.78 is 0. The van der Waals surface area contributed by atoms with E-state index in [1.807, 2.05) is 52.3 Å². The summed E-state index contributed by atoms with van der Waals surface area (Å²) in [6.45, 7) is 2.44. The molecular weight excluding hydrogens is 390 g/mol. The molecule has 2 fully saturated rings. The Hall–Kier alpha value is -2.89. The van der Waals surface area contributed by atoms with E-state index in [9.17, 15) is 14.4 Å². The summed E-state index contributed by atoms with van der Waals surface area (Å²) in [4.78, 5) is 44.0. The number of Topliss-reactive ketones (excluding diaryl/α,β-unsaturated/α-hetero) is 1. The molecule has 0 aliphatic carbocycles. The van der Waals surface area contributed by atoms with Crippen molar-refractivity contribution in [1.29, 1.82) is 0 Å². The summed E-state index contributed by atoms with van der Waals surface area (Å²) in [5, 5.41) is 2.05. The van der Waals surface area contributed by atoms with Crippen molar-refractivity contribution in [3.8, 4) is 0 Å². The Balaban J connectivity index is 1.41. The molecule has 6 nitrogen and oxygen atoms in total. The van der Waals surface area contributed by atoms with Crippen LogP contribution in [0.5, 0.6) is 0 Å². The van der Waals surface area contributed by atoms with Gasteiger partial charge in [0.15, 0.2) is 5.78 Å². The van der Waals surface area contributed by atoms with Crippen molar-refractivity contribution in [1.82, 2.24) is 14.7 Å². The lowest BCUT2D eigenvalue weighted by Crippen LogP contribution is -2.49. The van der Waals surface area contributed by atoms with Crippen molar-refractivity contribution in [3.05, 3.63) is 48.0 Å². The third-order valence-corrected chi connectivity index (χ3v) is 6.66. The average Bonchev–Trinajstić information content (AvgIpc) is 2.82. The van der Waals surface area contributed by atoms with E-state index >= 15 is 0 Å². The predicted octanol–water partition coefficient (Wildman–Crippen LogP) is 3.65. The van der Waals surface area contributed by atoms with Crippen LogP contribution in [0, 0.1) is 11.8 Å². The number of carbonyl (C=O) groups excluding carboxylic acids is 3. The Kier molecular flexibility index (Phi) is 6.25. The number of amides is 3. The van der Waals surface area contributed by atoms with Gasteiger partial charge in [-0.2, -0.15) is 0 Å². The summed E-state index contributed by atoms with van der Waals surface area (Å²) in [7, 11) is 3.50. The van der Waals surface area contributed by atoms with Gasteiger partial charge in [-0.1, -0.05) is 42.5 Å². The van der Waals surface area contributed by atoms with Gasteiger partial charge in [0.25, 0.3) is 0 Å². The number of benzene rings is 2. The van der Waals surface area contributed by atoms with Crippen LogP contribution in [0.15, 0.2) is 42.5 Å². The molecule has 0 saturated carbocycles. The molecule has 2 aliphatic heterocycles. The van der Waals surface area contributed by atoms with Crippen LogP contribution in [-0.4, -0.2) is 72.7 Å². The van der Waals surface area contributed by atoms with Crippen LogP contribution >= 0.6 is 0 Å². The number of likely N-dealkylation sites (tertiary alicyclic amines) is 2. The van der Waals surface area contributed by atoms with Crippen LogP contribution in [0.25, 0.3) is 10.8 Å². The van der Waals surface area contributed by atoms with E-state index in [-0.39, 0.29) is 29.6 Å². The second-order valence-corrected chi connectivity index (χ2v) is 8.95. The van der Waals surface area contributed by atoms with Gasteiger partial charge in [-0.3, -0.25) is 9.59 Å². The van der Waals surface area contributed by atoms with E-state index in [1.165, 1.54) is 0 Å². The molecule has 164 valence electrons. The van der Waals surface area contributed by atoms with Gasteiger partial charge in [0.2, 0.25) is 5.91 Å². The van der Waals surface area contributed by atoms with Crippen LogP contribution in [-0.2, 0) is 4.79 Å². The molecule has 31 heavy (non-hydrogen) atoms. The molecule has 3 amide bonds. The number of piperidine rings is 2. The lowest BCUT2D eigenvalue weighted by atomic mass is 9.87. The molecule has 2 aromatic rings. The maximum atomic E-state index is 13.4. The van der Waals surface area contributed by atoms with Crippen molar-refractivity contribution < 1.29 is 14.4 Å². The molecule has 0 aromatic heterocycles. The van der Waals surface area contributed by atoms with E-state index in [0.717, 1.165) is 35.7 Å². The Morgan fingerprint density at radius 1 is 0.839 bits per heavy atom. The Morgan fingerprint density at radius 2 is 1.55 bits per heavy atom. The van der Waals surface area contributed by atoms with Crippen LogP contribution in [0.3, 0.4) is 0 Å². The zero-order chi connectivity index (χ0) is 22.0. The normalized spacial score (nSPS) is 20.0. The standard InChI is InChI=1S/C25H31N3O3/c1-26(2)25(31)27-15-12-19(13-16-27)24(30)28-14-6-9-20(17-28)23(29)22-11-5-8-18-7-3-4-10-21(18)22/h3-5,7-8,10-11,19-20H,6,9,12-17H2,1-2H3/t20-/m0/s1. The van der Waals surface area contributed by atoms with Gasteiger partial charge in [-0.25, -0.2) is 4.79 Å². The average molecular weight is 422 g/mol. The molecular formula is C25H31N3O3. The van der Waals surface area contributed by atoms with Gasteiger partial charge in [-0.05, 0) is 36.5 Å². The highest BCUT2D eigenvalue weighted by molar-refractivity contribution is 6.09. The highest BCUT2D eigenvalue weighted by atomic mass is 16.2. The van der Waals surface area contributed by atoms with Gasteiger partial charge < -0.3 is 14.7 Å². The first-order valence-electron chi connectivity index (χ1n) is 11.2. The molecule has 0 bridgehead atoms. The van der Waals surface area contributed by atoms with Crippen LogP contribution in [0.1, 0.15) is 36.0 Å². The van der Waals surface area contributed by atoms with Crippen molar-refractivity contribution >= 4 is 28.5 Å². The molecule has 0 radical (unpaired) electrons. The van der Waals surface area contributed by atoms with E-state index < -0.39 is 0 Å². The molecule has 2 saturated heterocycles. The minimum Gasteiger partial charge on any atom is -0.342 e. The fourth-order valence-electron chi connectivity index (χ4n) is 4.91. The topological polar surface area (TPSA) is 60.9 Å². The van der Waals surface area contributed by atoms with Gasteiger partial charge in [0, 0.05) is 57.7 Å². The highest BCUT2D eigenvalue weighted by Crippen LogP contribution is 2.28. The van der Waals surface area contributed by atoms with Crippen LogP contribution in [0.4, 0.5) is 4.79 Å². The molecule has 0 spiro atoms. The fourth-order valence-corrected chi connectivity index (χ4v) is 4.91. The minimum absolute atomic E-state index is 0.00428. The minimum atomic E-state index is -0.154. The van der Waals surface area contributed by atoms with E-state index in [1.54, 1.807) is 19.0 Å². The maximum absolute atomic E-state index is 13.4.